The van der Waals surface area contributed by atoms with E-state index in [1.807, 2.05) is 17.7 Å². The van der Waals surface area contributed by atoms with Crippen LogP contribution in [0.2, 0.25) is 0 Å². The van der Waals surface area contributed by atoms with Crippen molar-refractivity contribution in [3.05, 3.63) is 18.2 Å². The lowest BCUT2D eigenvalue weighted by Crippen LogP contribution is -2.42. The van der Waals surface area contributed by atoms with Crippen LogP contribution < -0.4 is 5.73 Å². The van der Waals surface area contributed by atoms with E-state index in [1.165, 1.54) is 0 Å². The lowest BCUT2D eigenvalue weighted by molar-refractivity contribution is 0.0679. The highest BCUT2D eigenvalue weighted by Gasteiger charge is 2.41. The summed E-state index contributed by atoms with van der Waals surface area (Å²) < 4.78 is 1.91. The molecule has 1 aromatic heterocycles. The van der Waals surface area contributed by atoms with Crippen LogP contribution in [0.15, 0.2) is 12.4 Å². The molecule has 0 unspecified atom stereocenters. The van der Waals surface area contributed by atoms with Gasteiger partial charge in [-0.1, -0.05) is 6.92 Å². The second-order valence-corrected chi connectivity index (χ2v) is 5.53. The molecule has 0 amide bonds. The fourth-order valence-electron chi connectivity index (χ4n) is 2.85. The van der Waals surface area contributed by atoms with Crippen molar-refractivity contribution in [2.24, 2.45) is 17.1 Å². The number of aromatic nitrogens is 2. The molecule has 0 spiro atoms. The summed E-state index contributed by atoms with van der Waals surface area (Å²) in [5, 5.41) is 0. The fraction of sp³-hybridized carbons (Fsp3) is 0.714. The summed E-state index contributed by atoms with van der Waals surface area (Å²) in [6.07, 6.45) is 7.56. The van der Waals surface area contributed by atoms with Crippen molar-refractivity contribution in [2.45, 2.75) is 46.1 Å². The maximum absolute atomic E-state index is 12.7. The second kappa shape index (κ2) is 5.22. The van der Waals surface area contributed by atoms with Gasteiger partial charge in [0.15, 0.2) is 5.82 Å². The second-order valence-electron chi connectivity index (χ2n) is 5.53. The zero-order chi connectivity index (χ0) is 13.2. The SMILES string of the molecule is CCn1ccnc1C(=O)C1(CN)CCC(C)CC1. The van der Waals surface area contributed by atoms with E-state index in [9.17, 15) is 4.79 Å². The Hall–Kier alpha value is -1.16. The van der Waals surface area contributed by atoms with Crippen molar-refractivity contribution in [2.75, 3.05) is 6.54 Å². The van der Waals surface area contributed by atoms with Crippen molar-refractivity contribution in [1.29, 1.82) is 0 Å². The van der Waals surface area contributed by atoms with E-state index < -0.39 is 0 Å². The minimum absolute atomic E-state index is 0.142. The molecule has 0 aliphatic heterocycles. The zero-order valence-corrected chi connectivity index (χ0v) is 11.4. The van der Waals surface area contributed by atoms with Crippen molar-refractivity contribution in [3.8, 4) is 0 Å². The van der Waals surface area contributed by atoms with Crippen molar-refractivity contribution < 1.29 is 4.79 Å². The van der Waals surface area contributed by atoms with Gasteiger partial charge in [0.1, 0.15) is 0 Å². The Morgan fingerprint density at radius 3 is 2.78 bits per heavy atom. The summed E-state index contributed by atoms with van der Waals surface area (Å²) in [6.45, 7) is 5.49. The summed E-state index contributed by atoms with van der Waals surface area (Å²) in [7, 11) is 0. The molecule has 2 N–H and O–H groups in total. The van der Waals surface area contributed by atoms with Crippen LogP contribution in [-0.2, 0) is 6.54 Å². The lowest BCUT2D eigenvalue weighted by Gasteiger charge is -2.36. The molecule has 0 saturated heterocycles. The maximum atomic E-state index is 12.7. The van der Waals surface area contributed by atoms with Gasteiger partial charge in [-0.15, -0.1) is 0 Å². The standard InChI is InChI=1S/C14H23N3O/c1-3-17-9-8-16-13(17)12(18)14(10-15)6-4-11(2)5-7-14/h8-9,11H,3-7,10,15H2,1-2H3. The molecule has 0 aromatic carbocycles. The summed E-state index contributed by atoms with van der Waals surface area (Å²) in [6, 6.07) is 0. The highest BCUT2D eigenvalue weighted by Crippen LogP contribution is 2.40. The summed E-state index contributed by atoms with van der Waals surface area (Å²) in [5.41, 5.74) is 5.55. The molecule has 2 rings (SSSR count). The molecule has 0 atom stereocenters. The van der Waals surface area contributed by atoms with Crippen molar-refractivity contribution in [3.63, 3.8) is 0 Å². The van der Waals surface area contributed by atoms with E-state index in [2.05, 4.69) is 11.9 Å². The molecule has 4 nitrogen and oxygen atoms in total. The number of carbonyl (C=O) groups is 1. The minimum atomic E-state index is -0.370. The first-order valence-electron chi connectivity index (χ1n) is 6.89. The molecular weight excluding hydrogens is 226 g/mol. The normalized spacial score (nSPS) is 28.3. The molecule has 0 radical (unpaired) electrons. The van der Waals surface area contributed by atoms with Gasteiger partial charge in [0.25, 0.3) is 0 Å². The van der Waals surface area contributed by atoms with E-state index in [4.69, 9.17) is 5.73 Å². The zero-order valence-electron chi connectivity index (χ0n) is 11.4. The Morgan fingerprint density at radius 2 is 2.22 bits per heavy atom. The van der Waals surface area contributed by atoms with Gasteiger partial charge in [-0.3, -0.25) is 4.79 Å². The molecule has 1 aliphatic rings. The number of aryl methyl sites for hydroxylation is 1. The minimum Gasteiger partial charge on any atom is -0.329 e. The molecule has 1 fully saturated rings. The van der Waals surface area contributed by atoms with Crippen LogP contribution >= 0.6 is 0 Å². The Labute approximate surface area is 109 Å². The maximum Gasteiger partial charge on any atom is 0.205 e. The van der Waals surface area contributed by atoms with Gasteiger partial charge >= 0.3 is 0 Å². The summed E-state index contributed by atoms with van der Waals surface area (Å²) in [5.74, 6) is 1.43. The van der Waals surface area contributed by atoms with Crippen LogP contribution in [0.4, 0.5) is 0 Å². The number of nitrogens with two attached hydrogens (primary N) is 1. The highest BCUT2D eigenvalue weighted by atomic mass is 16.1. The van der Waals surface area contributed by atoms with Gasteiger partial charge in [0.05, 0.1) is 0 Å². The van der Waals surface area contributed by atoms with Gasteiger partial charge in [0.2, 0.25) is 5.78 Å². The Bertz CT molecular complexity index is 416. The third-order valence-corrected chi connectivity index (χ3v) is 4.36. The molecule has 1 aliphatic carbocycles. The first-order valence-corrected chi connectivity index (χ1v) is 6.89. The van der Waals surface area contributed by atoms with Gasteiger partial charge in [-0.05, 0) is 38.5 Å². The number of hydrogen-bond donors (Lipinski definition) is 1. The van der Waals surface area contributed by atoms with Crippen LogP contribution in [0.1, 0.15) is 50.1 Å². The number of imidazole rings is 1. The number of rotatable bonds is 4. The van der Waals surface area contributed by atoms with Crippen LogP contribution in [0.3, 0.4) is 0 Å². The van der Waals surface area contributed by atoms with E-state index in [0.29, 0.717) is 18.3 Å². The van der Waals surface area contributed by atoms with E-state index in [0.717, 1.165) is 32.2 Å². The Morgan fingerprint density at radius 1 is 1.56 bits per heavy atom. The predicted molar refractivity (Wildman–Crippen MR) is 71.4 cm³/mol. The highest BCUT2D eigenvalue weighted by molar-refractivity contribution is 5.98. The van der Waals surface area contributed by atoms with Crippen molar-refractivity contribution >= 4 is 5.78 Å². The Kier molecular flexibility index (Phi) is 3.85. The first-order chi connectivity index (χ1) is 8.63. The third kappa shape index (κ3) is 2.21. The molecule has 4 heteroatoms. The molecule has 1 saturated carbocycles. The lowest BCUT2D eigenvalue weighted by atomic mass is 9.68. The van der Waals surface area contributed by atoms with Crippen LogP contribution in [0, 0.1) is 11.3 Å². The van der Waals surface area contributed by atoms with E-state index in [1.54, 1.807) is 6.20 Å². The topological polar surface area (TPSA) is 60.9 Å². The van der Waals surface area contributed by atoms with E-state index >= 15 is 0 Å². The van der Waals surface area contributed by atoms with Gasteiger partial charge in [0, 0.05) is 30.9 Å². The smallest absolute Gasteiger partial charge is 0.205 e. The average Bonchev–Trinajstić information content (AvgIpc) is 2.87. The quantitative estimate of drug-likeness (QED) is 0.832. The number of nitrogens with zero attached hydrogens (tertiary/aromatic N) is 2. The number of ketones is 1. The monoisotopic (exact) mass is 249 g/mol. The van der Waals surface area contributed by atoms with Gasteiger partial charge < -0.3 is 10.3 Å². The number of Topliss-reactive ketones (excluding diaryl/α,β-unsaturated/α-hetero) is 1. The molecule has 100 valence electrons. The number of carbonyl (C=O) groups excluding carboxylic acids is 1. The van der Waals surface area contributed by atoms with Crippen LogP contribution in [0.5, 0.6) is 0 Å². The first kappa shape index (κ1) is 13.3. The van der Waals surface area contributed by atoms with Gasteiger partial charge in [-0.25, -0.2) is 4.98 Å². The van der Waals surface area contributed by atoms with Gasteiger partial charge in [-0.2, -0.15) is 0 Å². The van der Waals surface area contributed by atoms with E-state index in [-0.39, 0.29) is 11.2 Å². The van der Waals surface area contributed by atoms with Crippen molar-refractivity contribution in [1.82, 2.24) is 9.55 Å². The molecule has 0 bridgehead atoms. The van der Waals surface area contributed by atoms with Crippen LogP contribution in [-0.4, -0.2) is 21.9 Å². The number of hydrogen-bond acceptors (Lipinski definition) is 3. The summed E-state index contributed by atoms with van der Waals surface area (Å²) in [4.78, 5) is 17.0. The largest absolute Gasteiger partial charge is 0.329 e. The molecule has 18 heavy (non-hydrogen) atoms. The summed E-state index contributed by atoms with van der Waals surface area (Å²) >= 11 is 0. The third-order valence-electron chi connectivity index (χ3n) is 4.36. The Balaban J connectivity index is 2.25. The molecule has 1 aromatic rings. The molecule has 1 heterocycles. The molecular formula is C14H23N3O. The average molecular weight is 249 g/mol. The van der Waals surface area contributed by atoms with Crippen LogP contribution in [0.25, 0.3) is 0 Å². The fourth-order valence-corrected chi connectivity index (χ4v) is 2.85. The predicted octanol–water partition coefficient (Wildman–Crippen LogP) is 2.24.